The zero-order chi connectivity index (χ0) is 31.5. The molecule has 2 unspecified atom stereocenters. The molecule has 12 nitrogen and oxygen atoms in total. The summed E-state index contributed by atoms with van der Waals surface area (Å²) in [7, 11) is 4.62. The molecule has 2 atom stereocenters. The van der Waals surface area contributed by atoms with Crippen molar-refractivity contribution in [2.45, 2.75) is 44.9 Å². The summed E-state index contributed by atoms with van der Waals surface area (Å²) in [6, 6.07) is 4.25. The van der Waals surface area contributed by atoms with E-state index in [0.717, 1.165) is 0 Å². The van der Waals surface area contributed by atoms with Crippen molar-refractivity contribution in [1.82, 2.24) is 30.1 Å². The number of hydrogen-bond acceptors (Lipinski definition) is 9. The normalized spacial score (nSPS) is 16.4. The monoisotopic (exact) mass is 613 g/mol. The number of pyridine rings is 1. The average molecular weight is 614 g/mol. The van der Waals surface area contributed by atoms with E-state index in [0.29, 0.717) is 10.7 Å². The number of halogens is 2. The Morgan fingerprint density at radius 3 is 2.58 bits per heavy atom. The average Bonchev–Trinajstić information content (AvgIpc) is 3.37. The number of carbonyl (C=O) groups excluding carboxylic acids is 3. The van der Waals surface area contributed by atoms with E-state index in [1.165, 1.54) is 53.7 Å². The number of ether oxygens (including phenoxy) is 2. The van der Waals surface area contributed by atoms with Crippen LogP contribution < -0.4 is 15.4 Å². The van der Waals surface area contributed by atoms with E-state index in [2.05, 4.69) is 25.6 Å². The van der Waals surface area contributed by atoms with Crippen molar-refractivity contribution >= 4 is 41.0 Å². The molecule has 3 amide bonds. The van der Waals surface area contributed by atoms with Crippen molar-refractivity contribution in [2.24, 2.45) is 0 Å². The molecule has 0 radical (unpaired) electrons. The standard InChI is InChI=1S/C29H33ClFN7O5/c1-29(2,3)43-28(41)38-15-17(12-22(38)27(40)37(4)5)34-26(39)19-13-32-10-9-21(19)35-25-23(42-6)14-33-24(36-25)18-11-16(30)7-8-20(18)31/h7-11,13-14,17,22H,12,15H2,1-6H3,(H,34,39)(H,32,33,35,36). The van der Waals surface area contributed by atoms with Gasteiger partial charge in [-0.2, -0.15) is 0 Å². The Morgan fingerprint density at radius 2 is 1.91 bits per heavy atom. The van der Waals surface area contributed by atoms with Crippen molar-refractivity contribution in [3.63, 3.8) is 0 Å². The van der Waals surface area contributed by atoms with E-state index in [-0.39, 0.29) is 47.4 Å². The largest absolute Gasteiger partial charge is 0.491 e. The first-order valence-corrected chi connectivity index (χ1v) is 13.7. The fourth-order valence-electron chi connectivity index (χ4n) is 4.48. The summed E-state index contributed by atoms with van der Waals surface area (Å²) < 4.78 is 25.4. The Hall–Kier alpha value is -4.52. The molecular formula is C29H33ClFN7O5. The first-order valence-electron chi connectivity index (χ1n) is 13.4. The van der Waals surface area contributed by atoms with Gasteiger partial charge in [0.1, 0.15) is 17.5 Å². The number of hydrogen-bond donors (Lipinski definition) is 2. The van der Waals surface area contributed by atoms with Gasteiger partial charge >= 0.3 is 6.09 Å². The minimum Gasteiger partial charge on any atom is -0.491 e. The Bertz CT molecular complexity index is 1530. The van der Waals surface area contributed by atoms with Gasteiger partial charge in [0.05, 0.1) is 30.1 Å². The molecule has 43 heavy (non-hydrogen) atoms. The smallest absolute Gasteiger partial charge is 0.411 e. The molecule has 0 bridgehead atoms. The van der Waals surface area contributed by atoms with Crippen LogP contribution in [0, 0.1) is 5.82 Å². The summed E-state index contributed by atoms with van der Waals surface area (Å²) in [5, 5.41) is 6.27. The quantitative estimate of drug-likeness (QED) is 0.400. The molecule has 2 aromatic heterocycles. The van der Waals surface area contributed by atoms with Gasteiger partial charge in [-0.3, -0.25) is 19.5 Å². The zero-order valence-electron chi connectivity index (χ0n) is 24.6. The van der Waals surface area contributed by atoms with Gasteiger partial charge in [-0.25, -0.2) is 19.2 Å². The van der Waals surface area contributed by atoms with E-state index >= 15 is 0 Å². The molecule has 228 valence electrons. The molecule has 0 saturated carbocycles. The second-order valence-corrected chi connectivity index (χ2v) is 11.5. The second-order valence-electron chi connectivity index (χ2n) is 11.1. The van der Waals surface area contributed by atoms with Crippen molar-refractivity contribution in [3.8, 4) is 17.1 Å². The molecule has 2 N–H and O–H groups in total. The summed E-state index contributed by atoms with van der Waals surface area (Å²) in [6.07, 6.45) is 3.77. The Balaban J connectivity index is 1.58. The van der Waals surface area contributed by atoms with Crippen LogP contribution in [-0.4, -0.2) is 88.1 Å². The Labute approximate surface area is 253 Å². The van der Waals surface area contributed by atoms with E-state index < -0.39 is 35.5 Å². The van der Waals surface area contributed by atoms with Crippen LogP contribution in [0.3, 0.4) is 0 Å². The lowest BCUT2D eigenvalue weighted by Crippen LogP contribution is -2.47. The summed E-state index contributed by atoms with van der Waals surface area (Å²) in [4.78, 5) is 54.8. The maximum absolute atomic E-state index is 14.5. The second kappa shape index (κ2) is 12.8. The number of likely N-dealkylation sites (tertiary alicyclic amines) is 1. The van der Waals surface area contributed by atoms with Gasteiger partial charge in [0.15, 0.2) is 17.4 Å². The number of nitrogens with zero attached hydrogens (tertiary/aromatic N) is 5. The third kappa shape index (κ3) is 7.47. The number of nitrogens with one attached hydrogen (secondary N) is 2. The number of carbonyl (C=O) groups is 3. The highest BCUT2D eigenvalue weighted by atomic mass is 35.5. The number of likely N-dealkylation sites (N-methyl/N-ethyl adjacent to an activating group) is 1. The third-order valence-corrected chi connectivity index (χ3v) is 6.69. The number of benzene rings is 1. The molecule has 1 aliphatic heterocycles. The first-order chi connectivity index (χ1) is 20.3. The van der Waals surface area contributed by atoms with Crippen LogP contribution in [0.5, 0.6) is 5.75 Å². The van der Waals surface area contributed by atoms with Crippen LogP contribution in [-0.2, 0) is 9.53 Å². The lowest BCUT2D eigenvalue weighted by Gasteiger charge is -2.29. The lowest BCUT2D eigenvalue weighted by atomic mass is 10.1. The molecule has 3 aromatic rings. The Morgan fingerprint density at radius 1 is 1.16 bits per heavy atom. The number of amides is 3. The fraction of sp³-hybridized carbons (Fsp3) is 0.379. The maximum atomic E-state index is 14.5. The van der Waals surface area contributed by atoms with Gasteiger partial charge in [-0.1, -0.05) is 11.6 Å². The van der Waals surface area contributed by atoms with E-state index in [1.54, 1.807) is 40.9 Å². The number of methoxy groups -OCH3 is 1. The van der Waals surface area contributed by atoms with Crippen LogP contribution in [0.1, 0.15) is 37.6 Å². The van der Waals surface area contributed by atoms with Crippen LogP contribution in [0.15, 0.2) is 42.9 Å². The molecule has 0 aliphatic carbocycles. The summed E-state index contributed by atoms with van der Waals surface area (Å²) in [5.41, 5.74) is -0.195. The third-order valence-electron chi connectivity index (χ3n) is 6.45. The van der Waals surface area contributed by atoms with Gasteiger partial charge in [0.25, 0.3) is 5.91 Å². The molecule has 1 aromatic carbocycles. The SMILES string of the molecule is COc1cnc(-c2cc(Cl)ccc2F)nc1Nc1ccncc1C(=O)NC1CC(C(=O)N(C)C)N(C(=O)OC(C)(C)C)C1. The minimum atomic E-state index is -0.808. The first kappa shape index (κ1) is 31.4. The molecule has 3 heterocycles. The molecule has 0 spiro atoms. The molecular weight excluding hydrogens is 581 g/mol. The number of anilines is 2. The molecule has 1 aliphatic rings. The summed E-state index contributed by atoms with van der Waals surface area (Å²) >= 11 is 6.05. The van der Waals surface area contributed by atoms with Crippen molar-refractivity contribution in [3.05, 3.63) is 59.3 Å². The van der Waals surface area contributed by atoms with Crippen LogP contribution in [0.2, 0.25) is 5.02 Å². The molecule has 14 heteroatoms. The van der Waals surface area contributed by atoms with Crippen molar-refractivity contribution < 1.29 is 28.2 Å². The number of rotatable bonds is 7. The maximum Gasteiger partial charge on any atom is 0.411 e. The van der Waals surface area contributed by atoms with E-state index in [9.17, 15) is 18.8 Å². The van der Waals surface area contributed by atoms with E-state index in [4.69, 9.17) is 21.1 Å². The minimum absolute atomic E-state index is 0.0492. The molecule has 1 fully saturated rings. The van der Waals surface area contributed by atoms with Gasteiger partial charge in [0.2, 0.25) is 5.91 Å². The highest BCUT2D eigenvalue weighted by Gasteiger charge is 2.42. The van der Waals surface area contributed by atoms with Gasteiger partial charge in [0, 0.05) is 44.1 Å². The Kier molecular flexibility index (Phi) is 9.34. The molecule has 1 saturated heterocycles. The van der Waals surface area contributed by atoms with Crippen molar-refractivity contribution in [1.29, 1.82) is 0 Å². The van der Waals surface area contributed by atoms with Gasteiger partial charge < -0.3 is 25.0 Å². The van der Waals surface area contributed by atoms with Crippen LogP contribution in [0.4, 0.5) is 20.7 Å². The zero-order valence-corrected chi connectivity index (χ0v) is 25.4. The van der Waals surface area contributed by atoms with Crippen molar-refractivity contribution in [2.75, 3.05) is 33.1 Å². The lowest BCUT2D eigenvalue weighted by molar-refractivity contribution is -0.133. The van der Waals surface area contributed by atoms with Crippen LogP contribution in [0.25, 0.3) is 11.4 Å². The fourth-order valence-corrected chi connectivity index (χ4v) is 4.65. The predicted octanol–water partition coefficient (Wildman–Crippen LogP) is 4.28. The highest BCUT2D eigenvalue weighted by Crippen LogP contribution is 2.31. The highest BCUT2D eigenvalue weighted by molar-refractivity contribution is 6.30. The van der Waals surface area contributed by atoms with Gasteiger partial charge in [-0.05, 0) is 51.5 Å². The van der Waals surface area contributed by atoms with Gasteiger partial charge in [-0.15, -0.1) is 0 Å². The van der Waals surface area contributed by atoms with Crippen LogP contribution >= 0.6 is 11.6 Å². The summed E-state index contributed by atoms with van der Waals surface area (Å²) in [5.74, 6) is -0.893. The summed E-state index contributed by atoms with van der Waals surface area (Å²) in [6.45, 7) is 5.28. The predicted molar refractivity (Wildman–Crippen MR) is 158 cm³/mol. The topological polar surface area (TPSA) is 139 Å². The number of aromatic nitrogens is 3. The molecule has 4 rings (SSSR count). The van der Waals surface area contributed by atoms with E-state index in [1.807, 2.05) is 0 Å².